The van der Waals surface area contributed by atoms with Gasteiger partial charge in [0.25, 0.3) is 0 Å². The quantitative estimate of drug-likeness (QED) is 0.800. The van der Waals surface area contributed by atoms with Crippen LogP contribution in [0.5, 0.6) is 11.5 Å². The molecule has 0 saturated carbocycles. The molecule has 1 aliphatic heterocycles. The van der Waals surface area contributed by atoms with Crippen molar-refractivity contribution in [1.29, 1.82) is 10.5 Å². The second kappa shape index (κ2) is 7.99. The van der Waals surface area contributed by atoms with Crippen molar-refractivity contribution >= 4 is 6.08 Å². The maximum atomic E-state index is 9.61. The number of aliphatic hydroxyl groups is 1. The van der Waals surface area contributed by atoms with E-state index < -0.39 is 5.60 Å². The maximum Gasteiger partial charge on any atom is 0.152 e. The molecule has 0 spiro atoms. The molecule has 140 valence electrons. The van der Waals surface area contributed by atoms with E-state index in [1.165, 1.54) is 14.2 Å². The Balaban J connectivity index is 2.63. The lowest BCUT2D eigenvalue weighted by Gasteiger charge is -2.21. The Hall–Kier alpha value is -3.22. The van der Waals surface area contributed by atoms with Gasteiger partial charge in [-0.15, -0.1) is 0 Å². The first-order valence-corrected chi connectivity index (χ1v) is 8.32. The molecule has 0 saturated heterocycles. The van der Waals surface area contributed by atoms with Crippen molar-refractivity contribution in [2.45, 2.75) is 33.0 Å². The van der Waals surface area contributed by atoms with E-state index in [9.17, 15) is 10.4 Å². The highest BCUT2D eigenvalue weighted by atomic mass is 16.5. The highest BCUT2D eigenvalue weighted by Gasteiger charge is 2.37. The summed E-state index contributed by atoms with van der Waals surface area (Å²) in [5.74, 6) is 1.38. The molecule has 0 bridgehead atoms. The van der Waals surface area contributed by atoms with Crippen LogP contribution >= 0.6 is 0 Å². The van der Waals surface area contributed by atoms with Crippen LogP contribution in [0.3, 0.4) is 0 Å². The third-order valence-electron chi connectivity index (χ3n) is 4.33. The lowest BCUT2D eigenvalue weighted by atomic mass is 9.94. The molecule has 0 unspecified atom stereocenters. The van der Waals surface area contributed by atoms with E-state index >= 15 is 0 Å². The monoisotopic (exact) mass is 366 g/mol. The first-order chi connectivity index (χ1) is 12.8. The molecule has 0 atom stereocenters. The number of nitrogens with zero attached hydrogens (tertiary/aromatic N) is 2. The standard InChI is InChI=1S/C21H22N2O4/c1-13(10-22)20-16(11-23)17(21(2,3)27-20)7-6-15-18(25-4)8-14(12-24)9-19(15)26-5/h6-9,24H,12H2,1-5H3/b7-6+,20-13+. The minimum Gasteiger partial charge on any atom is -0.496 e. The summed E-state index contributed by atoms with van der Waals surface area (Å²) in [6.07, 6.45) is 3.55. The number of benzene rings is 1. The summed E-state index contributed by atoms with van der Waals surface area (Å²) >= 11 is 0. The van der Waals surface area contributed by atoms with Crippen molar-refractivity contribution in [2.24, 2.45) is 0 Å². The van der Waals surface area contributed by atoms with Gasteiger partial charge in [-0.1, -0.05) is 6.08 Å². The van der Waals surface area contributed by atoms with Crippen molar-refractivity contribution in [3.05, 3.63) is 51.8 Å². The zero-order chi connectivity index (χ0) is 20.2. The predicted octanol–water partition coefficient (Wildman–Crippen LogP) is 3.64. The molecule has 0 aromatic heterocycles. The molecular weight excluding hydrogens is 344 g/mol. The normalized spacial score (nSPS) is 17.3. The SMILES string of the molecule is COc1cc(CO)cc(OC)c1/C=C/C1=C(C#N)C(=C(/C)C#N)/OC1(C)C. The Bertz CT molecular complexity index is 899. The van der Waals surface area contributed by atoms with Gasteiger partial charge in [0.2, 0.25) is 0 Å². The summed E-state index contributed by atoms with van der Waals surface area (Å²) in [4.78, 5) is 0. The number of hydrogen-bond acceptors (Lipinski definition) is 6. The molecule has 0 amide bonds. The Morgan fingerprint density at radius 1 is 1.19 bits per heavy atom. The molecule has 6 heteroatoms. The van der Waals surface area contributed by atoms with Gasteiger partial charge in [0.05, 0.1) is 38.0 Å². The van der Waals surface area contributed by atoms with E-state index in [0.717, 1.165) is 0 Å². The number of ether oxygens (including phenoxy) is 3. The molecule has 0 radical (unpaired) electrons. The summed E-state index contributed by atoms with van der Waals surface area (Å²) in [5.41, 5.74) is 1.92. The van der Waals surface area contributed by atoms with Crippen molar-refractivity contribution in [1.82, 2.24) is 0 Å². The van der Waals surface area contributed by atoms with Crippen molar-refractivity contribution < 1.29 is 19.3 Å². The summed E-state index contributed by atoms with van der Waals surface area (Å²) in [6.45, 7) is 5.16. The highest BCUT2D eigenvalue weighted by molar-refractivity contribution is 5.69. The zero-order valence-corrected chi connectivity index (χ0v) is 16.1. The molecule has 1 N–H and O–H groups in total. The van der Waals surface area contributed by atoms with Crippen LogP contribution < -0.4 is 9.47 Å². The molecule has 27 heavy (non-hydrogen) atoms. The van der Waals surface area contributed by atoms with Gasteiger partial charge in [-0.3, -0.25) is 0 Å². The van der Waals surface area contributed by atoms with E-state index in [0.29, 0.717) is 45.1 Å². The van der Waals surface area contributed by atoms with Gasteiger partial charge in [-0.25, -0.2) is 0 Å². The second-order valence-corrected chi connectivity index (χ2v) is 6.48. The molecule has 0 aliphatic carbocycles. The molecule has 6 nitrogen and oxygen atoms in total. The lowest BCUT2D eigenvalue weighted by molar-refractivity contribution is 0.0949. The van der Waals surface area contributed by atoms with Crippen LogP contribution in [-0.2, 0) is 11.3 Å². The van der Waals surface area contributed by atoms with Crippen LogP contribution in [0.2, 0.25) is 0 Å². The van der Waals surface area contributed by atoms with Crippen LogP contribution in [0, 0.1) is 22.7 Å². The number of methoxy groups -OCH3 is 2. The Morgan fingerprint density at radius 2 is 1.78 bits per heavy atom. The smallest absolute Gasteiger partial charge is 0.152 e. The molecule has 1 aromatic rings. The van der Waals surface area contributed by atoms with E-state index in [2.05, 4.69) is 6.07 Å². The number of allylic oxidation sites excluding steroid dienone is 2. The first kappa shape index (κ1) is 20.1. The Morgan fingerprint density at radius 3 is 2.22 bits per heavy atom. The number of aliphatic hydroxyl groups excluding tert-OH is 1. The Labute approximate surface area is 159 Å². The minimum atomic E-state index is -0.763. The predicted molar refractivity (Wildman–Crippen MR) is 101 cm³/mol. The van der Waals surface area contributed by atoms with Crippen LogP contribution in [0.15, 0.2) is 40.7 Å². The molecule has 2 rings (SSSR count). The highest BCUT2D eigenvalue weighted by Crippen LogP contribution is 2.41. The second-order valence-electron chi connectivity index (χ2n) is 6.48. The fourth-order valence-electron chi connectivity index (χ4n) is 2.91. The Kier molecular flexibility index (Phi) is 5.95. The largest absolute Gasteiger partial charge is 0.496 e. The molecule has 1 aromatic carbocycles. The van der Waals surface area contributed by atoms with E-state index in [4.69, 9.17) is 19.5 Å². The molecular formula is C21H22N2O4. The summed E-state index contributed by atoms with van der Waals surface area (Å²) in [6, 6.07) is 7.63. The zero-order valence-electron chi connectivity index (χ0n) is 16.1. The van der Waals surface area contributed by atoms with Gasteiger partial charge in [-0.05, 0) is 44.5 Å². The number of rotatable bonds is 5. The summed E-state index contributed by atoms with van der Waals surface area (Å²) in [7, 11) is 3.07. The van der Waals surface area contributed by atoms with Gasteiger partial charge in [0, 0.05) is 5.57 Å². The van der Waals surface area contributed by atoms with Gasteiger partial charge in [-0.2, -0.15) is 10.5 Å². The maximum absolute atomic E-state index is 9.61. The average molecular weight is 366 g/mol. The van der Waals surface area contributed by atoms with Gasteiger partial charge < -0.3 is 19.3 Å². The molecule has 0 fully saturated rings. The fraction of sp³-hybridized carbons (Fsp3) is 0.333. The fourth-order valence-corrected chi connectivity index (χ4v) is 2.91. The third-order valence-corrected chi connectivity index (χ3v) is 4.33. The van der Waals surface area contributed by atoms with Gasteiger partial charge in [0.15, 0.2) is 5.76 Å². The van der Waals surface area contributed by atoms with E-state index in [1.54, 1.807) is 31.2 Å². The molecule has 1 aliphatic rings. The van der Waals surface area contributed by atoms with Gasteiger partial charge in [0.1, 0.15) is 28.7 Å². The number of nitriles is 2. The van der Waals surface area contributed by atoms with Crippen LogP contribution in [0.1, 0.15) is 31.9 Å². The topological polar surface area (TPSA) is 95.5 Å². The summed E-state index contributed by atoms with van der Waals surface area (Å²) < 4.78 is 16.7. The van der Waals surface area contributed by atoms with Crippen molar-refractivity contribution in [3.63, 3.8) is 0 Å². The van der Waals surface area contributed by atoms with E-state index in [-0.39, 0.29) is 6.61 Å². The summed E-state index contributed by atoms with van der Waals surface area (Å²) in [5, 5.41) is 28.2. The van der Waals surface area contributed by atoms with Crippen molar-refractivity contribution in [2.75, 3.05) is 14.2 Å². The van der Waals surface area contributed by atoms with Crippen molar-refractivity contribution in [3.8, 4) is 23.6 Å². The third kappa shape index (κ3) is 3.81. The average Bonchev–Trinajstić information content (AvgIpc) is 2.94. The van der Waals surface area contributed by atoms with Crippen LogP contribution in [0.4, 0.5) is 0 Å². The lowest BCUT2D eigenvalue weighted by Crippen LogP contribution is -2.20. The number of hydrogen-bond donors (Lipinski definition) is 1. The van der Waals surface area contributed by atoms with Crippen LogP contribution in [-0.4, -0.2) is 24.9 Å². The minimum absolute atomic E-state index is 0.136. The van der Waals surface area contributed by atoms with Gasteiger partial charge >= 0.3 is 0 Å². The van der Waals surface area contributed by atoms with E-state index in [1.807, 2.05) is 19.9 Å². The molecule has 1 heterocycles. The van der Waals surface area contributed by atoms with Crippen LogP contribution in [0.25, 0.3) is 6.08 Å². The first-order valence-electron chi connectivity index (χ1n) is 8.32.